The van der Waals surface area contributed by atoms with Crippen molar-refractivity contribution in [3.8, 4) is 22.6 Å². The average Bonchev–Trinajstić information content (AvgIpc) is 3.45. The van der Waals surface area contributed by atoms with Crippen LogP contribution in [-0.2, 0) is 4.79 Å². The topological polar surface area (TPSA) is 129 Å². The highest BCUT2D eigenvalue weighted by Crippen LogP contribution is 2.34. The summed E-state index contributed by atoms with van der Waals surface area (Å²) in [5.41, 5.74) is 5.06. The molecule has 0 aliphatic carbocycles. The van der Waals surface area contributed by atoms with Crippen LogP contribution in [0, 0.1) is 13.8 Å². The lowest BCUT2D eigenvalue weighted by Gasteiger charge is -2.24. The van der Waals surface area contributed by atoms with Crippen LogP contribution in [0.5, 0.6) is 0 Å². The van der Waals surface area contributed by atoms with E-state index in [1.165, 1.54) is 0 Å². The van der Waals surface area contributed by atoms with Gasteiger partial charge in [0, 0.05) is 56.1 Å². The van der Waals surface area contributed by atoms with Crippen LogP contribution in [0.25, 0.3) is 44.6 Å². The number of halogens is 1. The van der Waals surface area contributed by atoms with Crippen molar-refractivity contribution in [2.24, 2.45) is 0 Å². The third kappa shape index (κ3) is 4.04. The number of anilines is 1. The molecule has 1 amide bonds. The van der Waals surface area contributed by atoms with Crippen LogP contribution in [0.4, 0.5) is 5.82 Å². The van der Waals surface area contributed by atoms with Gasteiger partial charge in [-0.15, -0.1) is 0 Å². The second kappa shape index (κ2) is 9.19. The molecule has 11 nitrogen and oxygen atoms in total. The van der Waals surface area contributed by atoms with Crippen molar-refractivity contribution in [1.29, 1.82) is 0 Å². The summed E-state index contributed by atoms with van der Waals surface area (Å²) in [6.07, 6.45) is 2.36. The van der Waals surface area contributed by atoms with Crippen LogP contribution >= 0.6 is 11.6 Å². The molecule has 1 aliphatic rings. The summed E-state index contributed by atoms with van der Waals surface area (Å²) in [6.45, 7) is 6.88. The van der Waals surface area contributed by atoms with E-state index in [0.717, 1.165) is 22.3 Å². The number of aryl methyl sites for hydroxylation is 1. The number of carbonyl (C=O) groups is 1. The SMILES string of the molecule is Cc1nn2c(C)c1-c1nccc3[nH]c(=O)c(cc13)-c1nc3c(nc(Cl)cc3[nH]1)N(C)CCCN(C)C(=O)C2C. The van der Waals surface area contributed by atoms with Crippen molar-refractivity contribution in [3.05, 3.63) is 51.3 Å². The Labute approximate surface area is 228 Å². The molecule has 1 atom stereocenters. The van der Waals surface area contributed by atoms with E-state index in [2.05, 4.69) is 15.0 Å². The van der Waals surface area contributed by atoms with Gasteiger partial charge >= 0.3 is 0 Å². The number of aromatic amines is 2. The number of carbonyl (C=O) groups excluding carboxylic acids is 1. The zero-order chi connectivity index (χ0) is 27.6. The van der Waals surface area contributed by atoms with Gasteiger partial charge in [-0.3, -0.25) is 19.3 Å². The van der Waals surface area contributed by atoms with Gasteiger partial charge in [0.25, 0.3) is 5.56 Å². The first-order valence-electron chi connectivity index (χ1n) is 12.7. The van der Waals surface area contributed by atoms with E-state index >= 15 is 0 Å². The number of H-pyrrole nitrogens is 2. The Hall–Kier alpha value is -4.25. The molecule has 6 rings (SSSR count). The van der Waals surface area contributed by atoms with E-state index in [1.807, 2.05) is 39.8 Å². The van der Waals surface area contributed by atoms with E-state index in [1.54, 1.807) is 34.0 Å². The first-order valence-corrected chi connectivity index (χ1v) is 13.1. The maximum absolute atomic E-state index is 13.4. The zero-order valence-electron chi connectivity index (χ0n) is 22.3. The van der Waals surface area contributed by atoms with Crippen molar-refractivity contribution >= 4 is 45.3 Å². The number of imidazole rings is 1. The van der Waals surface area contributed by atoms with Gasteiger partial charge in [-0.25, -0.2) is 9.97 Å². The summed E-state index contributed by atoms with van der Waals surface area (Å²) >= 11 is 6.37. The lowest BCUT2D eigenvalue weighted by Crippen LogP contribution is -2.36. The van der Waals surface area contributed by atoms with Crippen LogP contribution in [0.2, 0.25) is 5.15 Å². The normalized spacial score (nSPS) is 16.5. The lowest BCUT2D eigenvalue weighted by molar-refractivity contribution is -0.133. The molecule has 0 saturated carbocycles. The summed E-state index contributed by atoms with van der Waals surface area (Å²) in [6, 6.07) is 4.76. The monoisotopic (exact) mass is 545 g/mol. The molecule has 1 unspecified atom stereocenters. The summed E-state index contributed by atoms with van der Waals surface area (Å²) in [5, 5.41) is 5.80. The maximum atomic E-state index is 13.4. The van der Waals surface area contributed by atoms with Crippen LogP contribution in [-0.4, -0.2) is 72.7 Å². The standard InChI is InChI=1S/C27H28ClN9O2/c1-13-21-14(2)37(34-13)15(3)27(39)36(5)10-6-9-35(4)25-23-19(12-20(28)32-25)30-24(33-23)17-11-16-18(31-26(17)38)7-8-29-22(16)21/h7-8,11-12,15H,6,9-10H2,1-5H3,(H,30,33)(H,31,38). The van der Waals surface area contributed by atoms with Gasteiger partial charge < -0.3 is 19.8 Å². The smallest absolute Gasteiger partial charge is 0.259 e. The van der Waals surface area contributed by atoms with Gasteiger partial charge in [-0.2, -0.15) is 5.10 Å². The minimum Gasteiger partial charge on any atom is -0.358 e. The summed E-state index contributed by atoms with van der Waals surface area (Å²) in [7, 11) is 3.72. The van der Waals surface area contributed by atoms with Crippen molar-refractivity contribution < 1.29 is 4.79 Å². The number of aromatic nitrogens is 7. The number of hydrogen-bond donors (Lipinski definition) is 2. The predicted octanol–water partition coefficient (Wildman–Crippen LogP) is 3.85. The van der Waals surface area contributed by atoms with Crippen LogP contribution in [0.1, 0.15) is 30.8 Å². The van der Waals surface area contributed by atoms with Crippen molar-refractivity contribution in [1.82, 2.24) is 39.6 Å². The third-order valence-electron chi connectivity index (χ3n) is 7.46. The molecule has 2 N–H and O–H groups in total. The number of nitrogens with one attached hydrogen (secondary N) is 2. The number of pyridine rings is 3. The van der Waals surface area contributed by atoms with E-state index in [0.29, 0.717) is 64.1 Å². The predicted molar refractivity (Wildman–Crippen MR) is 151 cm³/mol. The second-order valence-corrected chi connectivity index (χ2v) is 10.5. The first-order chi connectivity index (χ1) is 18.6. The molecular formula is C27H28ClN9O2. The Kier molecular flexibility index (Phi) is 5.91. The summed E-state index contributed by atoms with van der Waals surface area (Å²) in [4.78, 5) is 50.6. The molecule has 0 saturated heterocycles. The quantitative estimate of drug-likeness (QED) is 0.283. The van der Waals surface area contributed by atoms with Crippen molar-refractivity contribution in [3.63, 3.8) is 0 Å². The molecule has 5 aromatic rings. The zero-order valence-corrected chi connectivity index (χ0v) is 23.1. The fraction of sp³-hybridized carbons (Fsp3) is 0.333. The largest absolute Gasteiger partial charge is 0.358 e. The van der Waals surface area contributed by atoms with Gasteiger partial charge in [0.2, 0.25) is 5.91 Å². The highest BCUT2D eigenvalue weighted by molar-refractivity contribution is 6.30. The number of fused-ring (bicyclic) bond motifs is 6. The molecule has 200 valence electrons. The molecular weight excluding hydrogens is 518 g/mol. The molecule has 1 aliphatic heterocycles. The van der Waals surface area contributed by atoms with Crippen LogP contribution in [0.15, 0.2) is 29.2 Å². The average molecular weight is 546 g/mol. The fourth-order valence-electron chi connectivity index (χ4n) is 5.43. The Bertz CT molecular complexity index is 1840. The van der Waals surface area contributed by atoms with Crippen molar-refractivity contribution in [2.75, 3.05) is 32.1 Å². The van der Waals surface area contributed by atoms with Gasteiger partial charge in [-0.1, -0.05) is 11.6 Å². The highest BCUT2D eigenvalue weighted by atomic mass is 35.5. The summed E-state index contributed by atoms with van der Waals surface area (Å²) < 4.78 is 1.76. The maximum Gasteiger partial charge on any atom is 0.259 e. The molecule has 5 aromatic heterocycles. The van der Waals surface area contributed by atoms with Crippen LogP contribution in [0.3, 0.4) is 0 Å². The molecule has 0 aromatic carbocycles. The Balaban J connectivity index is 1.65. The lowest BCUT2D eigenvalue weighted by atomic mass is 10.0. The van der Waals surface area contributed by atoms with E-state index in [9.17, 15) is 9.59 Å². The minimum absolute atomic E-state index is 0.0337. The summed E-state index contributed by atoms with van der Waals surface area (Å²) in [5.74, 6) is 0.969. The van der Waals surface area contributed by atoms with E-state index in [4.69, 9.17) is 26.7 Å². The molecule has 0 spiro atoms. The van der Waals surface area contributed by atoms with E-state index in [-0.39, 0.29) is 11.5 Å². The third-order valence-corrected chi connectivity index (χ3v) is 7.65. The van der Waals surface area contributed by atoms with Gasteiger partial charge in [0.1, 0.15) is 22.5 Å². The fourth-order valence-corrected chi connectivity index (χ4v) is 5.62. The second-order valence-electron chi connectivity index (χ2n) is 10.1. The number of likely N-dealkylation sites (N-methyl/N-ethyl adjacent to an activating group) is 1. The number of amides is 1. The number of hydrogen-bond acceptors (Lipinski definition) is 7. The van der Waals surface area contributed by atoms with Gasteiger partial charge in [0.05, 0.1) is 28.0 Å². The molecule has 12 heteroatoms. The van der Waals surface area contributed by atoms with Gasteiger partial charge in [-0.05, 0) is 39.3 Å². The number of rotatable bonds is 0. The molecule has 6 bridgehead atoms. The minimum atomic E-state index is -0.502. The number of nitrogens with zero attached hydrogens (tertiary/aromatic N) is 7. The Morgan fingerprint density at radius 1 is 1.03 bits per heavy atom. The molecule has 39 heavy (non-hydrogen) atoms. The Morgan fingerprint density at radius 2 is 1.79 bits per heavy atom. The molecule has 0 fully saturated rings. The van der Waals surface area contributed by atoms with Gasteiger partial charge in [0.15, 0.2) is 5.82 Å². The Morgan fingerprint density at radius 3 is 2.59 bits per heavy atom. The van der Waals surface area contributed by atoms with Crippen molar-refractivity contribution in [2.45, 2.75) is 33.2 Å². The van der Waals surface area contributed by atoms with E-state index < -0.39 is 6.04 Å². The molecule has 6 heterocycles. The highest BCUT2D eigenvalue weighted by Gasteiger charge is 2.26. The van der Waals surface area contributed by atoms with Crippen LogP contribution < -0.4 is 10.5 Å². The molecule has 0 radical (unpaired) electrons. The first kappa shape index (κ1) is 25.1.